The molecule has 0 aliphatic carbocycles. The van der Waals surface area contributed by atoms with Gasteiger partial charge in [0.05, 0.1) is 7.11 Å². The van der Waals surface area contributed by atoms with E-state index in [1.807, 2.05) is 36.2 Å². The number of thiocarbonyl (C=S) groups is 1. The van der Waals surface area contributed by atoms with E-state index in [1.165, 1.54) is 5.56 Å². The smallest absolute Gasteiger partial charge is 0.164 e. The number of methoxy groups -OCH3 is 1. The molecule has 1 heterocycles. The molecule has 0 amide bonds. The molecule has 6 heteroatoms. The predicted octanol–water partition coefficient (Wildman–Crippen LogP) is 4.32. The maximum Gasteiger partial charge on any atom is 0.164 e. The molecule has 1 aromatic rings. The summed E-state index contributed by atoms with van der Waals surface area (Å²) >= 11 is 8.94. The van der Waals surface area contributed by atoms with Crippen molar-refractivity contribution in [2.75, 3.05) is 32.2 Å². The minimum atomic E-state index is 0.256. The molecule has 126 valence electrons. The van der Waals surface area contributed by atoms with Gasteiger partial charge in [0, 0.05) is 18.8 Å². The molecular weight excluding hydrogens is 344 g/mol. The third-order valence-corrected chi connectivity index (χ3v) is 6.45. The second-order valence-electron chi connectivity index (χ2n) is 6.24. The maximum absolute atomic E-state index is 5.51. The summed E-state index contributed by atoms with van der Waals surface area (Å²) in [5, 5.41) is 1.05. The fourth-order valence-corrected chi connectivity index (χ4v) is 4.19. The molecule has 23 heavy (non-hydrogen) atoms. The third kappa shape index (κ3) is 5.13. The van der Waals surface area contributed by atoms with Gasteiger partial charge in [0.1, 0.15) is 10.1 Å². The highest BCUT2D eigenvalue weighted by Gasteiger charge is 2.32. The molecule has 0 unspecified atom stereocenters. The van der Waals surface area contributed by atoms with Crippen molar-refractivity contribution in [3.8, 4) is 5.75 Å². The van der Waals surface area contributed by atoms with Crippen LogP contribution >= 0.6 is 35.7 Å². The SMILES string of the molecule is COc1ccccc1CCN=C1SCC(C)(C)CN1C(=S)SC. The molecule has 1 aliphatic heterocycles. The number of hydrogen-bond donors (Lipinski definition) is 0. The molecule has 0 spiro atoms. The highest BCUT2D eigenvalue weighted by atomic mass is 32.2. The largest absolute Gasteiger partial charge is 0.496 e. The van der Waals surface area contributed by atoms with E-state index in [0.717, 1.165) is 40.5 Å². The number of ether oxygens (including phenoxy) is 1. The Morgan fingerprint density at radius 2 is 2.17 bits per heavy atom. The lowest BCUT2D eigenvalue weighted by atomic mass is 9.96. The lowest BCUT2D eigenvalue weighted by molar-refractivity contribution is 0.348. The first-order valence-corrected chi connectivity index (χ1v) is 10.2. The van der Waals surface area contributed by atoms with Crippen molar-refractivity contribution in [2.24, 2.45) is 10.4 Å². The Hall–Kier alpha value is -0.720. The summed E-state index contributed by atoms with van der Waals surface area (Å²) in [4.78, 5) is 7.01. The van der Waals surface area contributed by atoms with Gasteiger partial charge in [-0.3, -0.25) is 4.99 Å². The third-order valence-electron chi connectivity index (χ3n) is 3.62. The first-order valence-electron chi connectivity index (χ1n) is 7.61. The van der Waals surface area contributed by atoms with Gasteiger partial charge in [-0.05, 0) is 29.7 Å². The van der Waals surface area contributed by atoms with Crippen LogP contribution in [-0.4, -0.2) is 46.6 Å². The van der Waals surface area contributed by atoms with Crippen LogP contribution < -0.4 is 4.74 Å². The number of thioether (sulfide) groups is 2. The predicted molar refractivity (Wildman–Crippen MR) is 108 cm³/mol. The van der Waals surface area contributed by atoms with Crippen molar-refractivity contribution in [1.29, 1.82) is 0 Å². The lowest BCUT2D eigenvalue weighted by Gasteiger charge is -2.39. The van der Waals surface area contributed by atoms with Crippen molar-refractivity contribution in [2.45, 2.75) is 20.3 Å². The Morgan fingerprint density at radius 3 is 2.87 bits per heavy atom. The van der Waals surface area contributed by atoms with Crippen molar-refractivity contribution < 1.29 is 4.74 Å². The highest BCUT2D eigenvalue weighted by Crippen LogP contribution is 2.32. The van der Waals surface area contributed by atoms with Gasteiger partial charge in [-0.2, -0.15) is 0 Å². The molecule has 0 aromatic heterocycles. The second kappa shape index (κ2) is 8.40. The zero-order chi connectivity index (χ0) is 16.9. The van der Waals surface area contributed by atoms with Gasteiger partial charge in [0.25, 0.3) is 0 Å². The molecular formula is C17H24N2OS3. The number of nitrogens with zero attached hydrogens (tertiary/aromatic N) is 2. The summed E-state index contributed by atoms with van der Waals surface area (Å²) in [5.74, 6) is 2.01. The second-order valence-corrected chi connectivity index (χ2v) is 8.62. The molecule has 3 nitrogen and oxygen atoms in total. The van der Waals surface area contributed by atoms with Gasteiger partial charge in [-0.1, -0.05) is 67.8 Å². The quantitative estimate of drug-likeness (QED) is 0.737. The Morgan fingerprint density at radius 1 is 1.43 bits per heavy atom. The van der Waals surface area contributed by atoms with Crippen LogP contribution in [0.3, 0.4) is 0 Å². The summed E-state index contributed by atoms with van der Waals surface area (Å²) in [6, 6.07) is 8.12. The van der Waals surface area contributed by atoms with Crippen LogP contribution in [0.15, 0.2) is 29.3 Å². The Bertz CT molecular complexity index is 587. The van der Waals surface area contributed by atoms with E-state index in [4.69, 9.17) is 21.9 Å². The molecule has 1 fully saturated rings. The molecule has 1 saturated heterocycles. The van der Waals surface area contributed by atoms with Crippen LogP contribution in [0.2, 0.25) is 0 Å². The molecule has 0 bridgehead atoms. The molecule has 1 aliphatic rings. The average Bonchev–Trinajstić information content (AvgIpc) is 2.55. The van der Waals surface area contributed by atoms with Crippen molar-refractivity contribution in [1.82, 2.24) is 4.90 Å². The first-order chi connectivity index (χ1) is 11.0. The van der Waals surface area contributed by atoms with Crippen LogP contribution in [0.5, 0.6) is 5.75 Å². The number of benzene rings is 1. The first kappa shape index (κ1) is 18.6. The monoisotopic (exact) mass is 368 g/mol. The van der Waals surface area contributed by atoms with E-state index < -0.39 is 0 Å². The Kier molecular flexibility index (Phi) is 6.80. The standard InChI is InChI=1S/C17H24N2OS3/c1-17(2)11-19(16(21)22-4)15(23-12-17)18-10-9-13-7-5-6-8-14(13)20-3/h5-8H,9-12H2,1-4H3. The summed E-state index contributed by atoms with van der Waals surface area (Å²) in [7, 11) is 1.71. The Balaban J connectivity index is 2.06. The molecule has 0 N–H and O–H groups in total. The van der Waals surface area contributed by atoms with Gasteiger partial charge < -0.3 is 9.64 Å². The number of rotatable bonds is 4. The molecule has 0 radical (unpaired) electrons. The van der Waals surface area contributed by atoms with Crippen LogP contribution in [0.25, 0.3) is 0 Å². The van der Waals surface area contributed by atoms with Crippen molar-refractivity contribution in [3.05, 3.63) is 29.8 Å². The van der Waals surface area contributed by atoms with Crippen LogP contribution in [0.1, 0.15) is 19.4 Å². The summed E-state index contributed by atoms with van der Waals surface area (Å²) in [5.41, 5.74) is 1.45. The molecule has 0 atom stereocenters. The summed E-state index contributed by atoms with van der Waals surface area (Å²) < 4.78 is 6.31. The van der Waals surface area contributed by atoms with Gasteiger partial charge in [-0.15, -0.1) is 0 Å². The normalized spacial score (nSPS) is 19.0. The minimum Gasteiger partial charge on any atom is -0.496 e. The van der Waals surface area contributed by atoms with Crippen LogP contribution in [-0.2, 0) is 6.42 Å². The summed E-state index contributed by atoms with van der Waals surface area (Å²) in [6.45, 7) is 6.24. The molecule has 1 aromatic carbocycles. The maximum atomic E-state index is 5.51. The topological polar surface area (TPSA) is 24.8 Å². The number of aliphatic imine (C=N–C) groups is 1. The minimum absolute atomic E-state index is 0.256. The van der Waals surface area contributed by atoms with Gasteiger partial charge in [0.2, 0.25) is 0 Å². The lowest BCUT2D eigenvalue weighted by Crippen LogP contribution is -2.45. The van der Waals surface area contributed by atoms with Crippen molar-refractivity contribution >= 4 is 45.2 Å². The van der Waals surface area contributed by atoms with Crippen LogP contribution in [0.4, 0.5) is 0 Å². The van der Waals surface area contributed by atoms with E-state index in [2.05, 4.69) is 24.8 Å². The van der Waals surface area contributed by atoms with Gasteiger partial charge >= 0.3 is 0 Å². The number of hydrogen-bond acceptors (Lipinski definition) is 5. The fraction of sp³-hybridized carbons (Fsp3) is 0.529. The zero-order valence-corrected chi connectivity index (χ0v) is 16.6. The average molecular weight is 369 g/mol. The van der Waals surface area contributed by atoms with E-state index >= 15 is 0 Å². The van der Waals surface area contributed by atoms with E-state index in [9.17, 15) is 0 Å². The molecule has 0 saturated carbocycles. The van der Waals surface area contributed by atoms with E-state index in [1.54, 1.807) is 18.9 Å². The number of amidine groups is 1. The van der Waals surface area contributed by atoms with E-state index in [0.29, 0.717) is 0 Å². The van der Waals surface area contributed by atoms with Gasteiger partial charge in [-0.25, -0.2) is 0 Å². The van der Waals surface area contributed by atoms with Crippen molar-refractivity contribution in [3.63, 3.8) is 0 Å². The molecule has 2 rings (SSSR count). The summed E-state index contributed by atoms with van der Waals surface area (Å²) in [6.07, 6.45) is 2.90. The zero-order valence-electron chi connectivity index (χ0n) is 14.2. The Labute approximate surface area is 153 Å². The van der Waals surface area contributed by atoms with E-state index in [-0.39, 0.29) is 5.41 Å². The highest BCUT2D eigenvalue weighted by molar-refractivity contribution is 8.23. The number of para-hydroxylation sites is 1. The van der Waals surface area contributed by atoms with Gasteiger partial charge in [0.15, 0.2) is 5.17 Å². The fourth-order valence-electron chi connectivity index (χ4n) is 2.44. The van der Waals surface area contributed by atoms with Crippen LogP contribution in [0, 0.1) is 5.41 Å².